The Morgan fingerprint density at radius 3 is 2.90 bits per heavy atom. The fourth-order valence-electron chi connectivity index (χ4n) is 2.29. The van der Waals surface area contributed by atoms with Crippen molar-refractivity contribution < 1.29 is 14.3 Å². The second-order valence-corrected chi connectivity index (χ2v) is 5.79. The van der Waals surface area contributed by atoms with E-state index in [1.165, 1.54) is 0 Å². The van der Waals surface area contributed by atoms with Gasteiger partial charge in [-0.3, -0.25) is 10.2 Å². The number of halogens is 1. The van der Waals surface area contributed by atoms with E-state index >= 15 is 0 Å². The molecule has 0 aliphatic carbocycles. The summed E-state index contributed by atoms with van der Waals surface area (Å²) in [6.45, 7) is 3.07. The van der Waals surface area contributed by atoms with Gasteiger partial charge in [-0.2, -0.15) is 0 Å². The minimum Gasteiger partial charge on any atom is -0.486 e. The van der Waals surface area contributed by atoms with Crippen LogP contribution in [0.15, 0.2) is 16.6 Å². The summed E-state index contributed by atoms with van der Waals surface area (Å²) in [5.41, 5.74) is 6.65. The summed E-state index contributed by atoms with van der Waals surface area (Å²) in [4.78, 5) is 12.2. The van der Waals surface area contributed by atoms with Crippen LogP contribution in [0.3, 0.4) is 0 Å². The molecule has 1 aromatic carbocycles. The molecule has 3 N–H and O–H groups in total. The van der Waals surface area contributed by atoms with E-state index in [0.29, 0.717) is 36.3 Å². The molecule has 20 heavy (non-hydrogen) atoms. The number of hydrogen-bond donors (Lipinski definition) is 3. The van der Waals surface area contributed by atoms with Gasteiger partial charge in [0, 0.05) is 11.6 Å². The SMILES string of the molecule is CC1CC(NC(=O)c2cc(Br)c3c(c2)OCCO3)NN1. The minimum atomic E-state index is -0.143. The molecular formula is C13H16BrN3O3. The van der Waals surface area contributed by atoms with E-state index in [1.807, 2.05) is 0 Å². The van der Waals surface area contributed by atoms with Crippen LogP contribution < -0.4 is 25.6 Å². The molecule has 1 amide bonds. The van der Waals surface area contributed by atoms with Crippen molar-refractivity contribution in [2.75, 3.05) is 13.2 Å². The molecular weight excluding hydrogens is 326 g/mol. The Morgan fingerprint density at radius 1 is 1.35 bits per heavy atom. The first-order chi connectivity index (χ1) is 9.63. The van der Waals surface area contributed by atoms with E-state index in [0.717, 1.165) is 10.9 Å². The highest BCUT2D eigenvalue weighted by Crippen LogP contribution is 2.38. The molecule has 6 nitrogen and oxygen atoms in total. The zero-order chi connectivity index (χ0) is 14.1. The lowest BCUT2D eigenvalue weighted by Gasteiger charge is -2.20. The Kier molecular flexibility index (Phi) is 3.82. The molecule has 2 aliphatic rings. The summed E-state index contributed by atoms with van der Waals surface area (Å²) in [6.07, 6.45) is 0.779. The summed E-state index contributed by atoms with van der Waals surface area (Å²) in [7, 11) is 0. The molecule has 0 bridgehead atoms. The molecule has 1 fully saturated rings. The molecule has 1 saturated heterocycles. The van der Waals surface area contributed by atoms with E-state index < -0.39 is 0 Å². The second kappa shape index (κ2) is 5.59. The quantitative estimate of drug-likeness (QED) is 0.753. The highest BCUT2D eigenvalue weighted by Gasteiger charge is 2.24. The van der Waals surface area contributed by atoms with Crippen LogP contribution in [-0.4, -0.2) is 31.3 Å². The van der Waals surface area contributed by atoms with Gasteiger partial charge in [-0.15, -0.1) is 0 Å². The Bertz CT molecular complexity index is 538. The molecule has 0 saturated carbocycles. The molecule has 108 valence electrons. The maximum Gasteiger partial charge on any atom is 0.252 e. The molecule has 1 aromatic rings. The van der Waals surface area contributed by atoms with Crippen molar-refractivity contribution in [1.29, 1.82) is 0 Å². The molecule has 0 radical (unpaired) electrons. The van der Waals surface area contributed by atoms with Gasteiger partial charge in [0.15, 0.2) is 11.5 Å². The van der Waals surface area contributed by atoms with Gasteiger partial charge < -0.3 is 14.8 Å². The van der Waals surface area contributed by atoms with Crippen LogP contribution in [0.4, 0.5) is 0 Å². The number of ether oxygens (including phenoxy) is 2. The standard InChI is InChI=1S/C13H16BrN3O3/c1-7-4-11(17-16-7)15-13(18)8-5-9(14)12-10(6-8)19-2-3-20-12/h5-7,11,16-17H,2-4H2,1H3,(H,15,18). The predicted molar refractivity (Wildman–Crippen MR) is 76.7 cm³/mol. The van der Waals surface area contributed by atoms with Gasteiger partial charge >= 0.3 is 0 Å². The first-order valence-electron chi connectivity index (χ1n) is 6.54. The van der Waals surface area contributed by atoms with E-state index in [-0.39, 0.29) is 12.1 Å². The summed E-state index contributed by atoms with van der Waals surface area (Å²) >= 11 is 3.41. The average molecular weight is 342 g/mol. The van der Waals surface area contributed by atoms with E-state index in [9.17, 15) is 4.79 Å². The molecule has 2 unspecified atom stereocenters. The van der Waals surface area contributed by atoms with Gasteiger partial charge in [0.05, 0.1) is 10.6 Å². The first-order valence-corrected chi connectivity index (χ1v) is 7.34. The van der Waals surface area contributed by atoms with Crippen LogP contribution in [0, 0.1) is 0 Å². The van der Waals surface area contributed by atoms with Crippen LogP contribution in [0.5, 0.6) is 11.5 Å². The van der Waals surface area contributed by atoms with Crippen molar-refractivity contribution in [2.24, 2.45) is 0 Å². The zero-order valence-electron chi connectivity index (χ0n) is 11.0. The predicted octanol–water partition coefficient (Wildman–Crippen LogP) is 1.16. The minimum absolute atomic E-state index is 0.0653. The van der Waals surface area contributed by atoms with Crippen LogP contribution in [0.1, 0.15) is 23.7 Å². The third-order valence-electron chi connectivity index (χ3n) is 3.26. The summed E-state index contributed by atoms with van der Waals surface area (Å²) in [6, 6.07) is 3.79. The summed E-state index contributed by atoms with van der Waals surface area (Å²) in [5, 5.41) is 2.93. The van der Waals surface area contributed by atoms with Crippen LogP contribution in [0.2, 0.25) is 0 Å². The Labute approximate surface area is 125 Å². The third kappa shape index (κ3) is 2.74. The third-order valence-corrected chi connectivity index (χ3v) is 3.85. The lowest BCUT2D eigenvalue weighted by Crippen LogP contribution is -2.44. The number of hydrogen-bond acceptors (Lipinski definition) is 5. The van der Waals surface area contributed by atoms with Crippen LogP contribution in [-0.2, 0) is 0 Å². The van der Waals surface area contributed by atoms with Crippen molar-refractivity contribution >= 4 is 21.8 Å². The van der Waals surface area contributed by atoms with Crippen molar-refractivity contribution in [3.63, 3.8) is 0 Å². The number of nitrogens with one attached hydrogen (secondary N) is 3. The molecule has 0 aromatic heterocycles. The largest absolute Gasteiger partial charge is 0.486 e. The van der Waals surface area contributed by atoms with Gasteiger partial charge in [0.2, 0.25) is 0 Å². The average Bonchev–Trinajstić information content (AvgIpc) is 2.84. The van der Waals surface area contributed by atoms with E-state index in [2.05, 4.69) is 39.0 Å². The van der Waals surface area contributed by atoms with Crippen molar-refractivity contribution in [3.8, 4) is 11.5 Å². The zero-order valence-corrected chi connectivity index (χ0v) is 12.6. The monoisotopic (exact) mass is 341 g/mol. The van der Waals surface area contributed by atoms with E-state index in [4.69, 9.17) is 9.47 Å². The molecule has 2 heterocycles. The second-order valence-electron chi connectivity index (χ2n) is 4.93. The van der Waals surface area contributed by atoms with Gasteiger partial charge in [-0.05, 0) is 41.4 Å². The molecule has 2 atom stereocenters. The number of carbonyl (C=O) groups excluding carboxylic acids is 1. The Balaban J connectivity index is 1.76. The number of carbonyl (C=O) groups is 1. The normalized spacial score (nSPS) is 24.5. The van der Waals surface area contributed by atoms with Crippen molar-refractivity contribution in [1.82, 2.24) is 16.2 Å². The summed E-state index contributed by atoms with van der Waals surface area (Å²) in [5.74, 6) is 1.11. The highest BCUT2D eigenvalue weighted by molar-refractivity contribution is 9.10. The number of hydrazine groups is 1. The lowest BCUT2D eigenvalue weighted by atomic mass is 10.1. The van der Waals surface area contributed by atoms with Crippen molar-refractivity contribution in [2.45, 2.75) is 25.6 Å². The van der Waals surface area contributed by atoms with Gasteiger partial charge in [-0.1, -0.05) is 0 Å². The van der Waals surface area contributed by atoms with Crippen molar-refractivity contribution in [3.05, 3.63) is 22.2 Å². The Morgan fingerprint density at radius 2 is 2.15 bits per heavy atom. The highest BCUT2D eigenvalue weighted by atomic mass is 79.9. The maximum atomic E-state index is 12.2. The van der Waals surface area contributed by atoms with Gasteiger partial charge in [0.1, 0.15) is 13.2 Å². The maximum absolute atomic E-state index is 12.2. The topological polar surface area (TPSA) is 71.6 Å². The number of fused-ring (bicyclic) bond motifs is 1. The Hall–Kier alpha value is -1.31. The van der Waals surface area contributed by atoms with E-state index in [1.54, 1.807) is 12.1 Å². The first kappa shape index (κ1) is 13.7. The smallest absolute Gasteiger partial charge is 0.252 e. The van der Waals surface area contributed by atoms with Crippen LogP contribution in [0.25, 0.3) is 0 Å². The molecule has 7 heteroatoms. The lowest BCUT2D eigenvalue weighted by molar-refractivity contribution is 0.0931. The number of benzene rings is 1. The molecule has 2 aliphatic heterocycles. The van der Waals surface area contributed by atoms with Gasteiger partial charge in [0.25, 0.3) is 5.91 Å². The molecule has 3 rings (SSSR count). The fourth-order valence-corrected chi connectivity index (χ4v) is 2.85. The van der Waals surface area contributed by atoms with Gasteiger partial charge in [-0.25, -0.2) is 5.43 Å². The van der Waals surface area contributed by atoms with Crippen LogP contribution >= 0.6 is 15.9 Å². The summed E-state index contributed by atoms with van der Waals surface area (Å²) < 4.78 is 11.8. The molecule has 0 spiro atoms. The fraction of sp³-hybridized carbons (Fsp3) is 0.462. The number of amides is 1. The number of rotatable bonds is 2.